The van der Waals surface area contributed by atoms with Crippen molar-refractivity contribution >= 4 is 13.8 Å². The lowest BCUT2D eigenvalue weighted by Gasteiger charge is -2.35. The second-order valence-corrected chi connectivity index (χ2v) is 6.81. The third-order valence-electron chi connectivity index (χ3n) is 3.23. The van der Waals surface area contributed by atoms with Gasteiger partial charge in [-0.1, -0.05) is 0 Å². The molecular formula is C12H26N3O7P. The molecule has 23 heavy (non-hydrogen) atoms. The Kier molecular flexibility index (Phi) is 9.65. The first-order valence-corrected chi connectivity index (χ1v) is 9.03. The van der Waals surface area contributed by atoms with Gasteiger partial charge in [-0.15, -0.1) is 0 Å². The van der Waals surface area contributed by atoms with Gasteiger partial charge in [0, 0.05) is 33.3 Å². The maximum absolute atomic E-state index is 11.9. The second kappa shape index (κ2) is 10.9. The number of ether oxygens (including phenoxy) is 3. The molecule has 0 aliphatic carbocycles. The molecule has 1 aliphatic rings. The number of nitrogens with two attached hydrogens (primary N) is 1. The molecule has 1 unspecified atom stereocenters. The van der Waals surface area contributed by atoms with Gasteiger partial charge < -0.3 is 28.7 Å². The molecule has 0 radical (unpaired) electrons. The van der Waals surface area contributed by atoms with E-state index in [-0.39, 0.29) is 26.4 Å². The summed E-state index contributed by atoms with van der Waals surface area (Å²) in [6, 6.07) is 0. The van der Waals surface area contributed by atoms with Crippen molar-refractivity contribution in [3.63, 3.8) is 0 Å². The van der Waals surface area contributed by atoms with E-state index in [4.69, 9.17) is 29.3 Å². The van der Waals surface area contributed by atoms with Crippen molar-refractivity contribution in [1.82, 2.24) is 9.57 Å². The molecule has 0 saturated carbocycles. The molecule has 0 aromatic rings. The van der Waals surface area contributed by atoms with Crippen LogP contribution in [0.5, 0.6) is 0 Å². The summed E-state index contributed by atoms with van der Waals surface area (Å²) in [5.41, 5.74) is 5.55. The summed E-state index contributed by atoms with van der Waals surface area (Å²) in [6.45, 7) is 2.93. The molecule has 1 saturated heterocycles. The molecule has 1 atom stereocenters. The molecule has 1 aliphatic heterocycles. The van der Waals surface area contributed by atoms with Crippen LogP contribution in [0, 0.1) is 0 Å². The maximum atomic E-state index is 11.9. The fourth-order valence-corrected chi connectivity index (χ4v) is 2.91. The first-order chi connectivity index (χ1) is 11.0. The largest absolute Gasteiger partial charge is 0.447 e. The smallest absolute Gasteiger partial charge is 0.409 e. The van der Waals surface area contributed by atoms with E-state index < -0.39 is 13.8 Å². The highest BCUT2D eigenvalue weighted by atomic mass is 31.2. The number of aliphatic hydroxyl groups is 1. The summed E-state index contributed by atoms with van der Waals surface area (Å²) >= 11 is 0. The van der Waals surface area contributed by atoms with E-state index in [1.54, 1.807) is 0 Å². The number of carbonyl (C=O) groups is 1. The minimum atomic E-state index is -3.24. The van der Waals surface area contributed by atoms with Gasteiger partial charge in [0.2, 0.25) is 0 Å². The molecule has 11 heteroatoms. The monoisotopic (exact) mass is 355 g/mol. The minimum Gasteiger partial charge on any atom is -0.447 e. The molecule has 136 valence electrons. The summed E-state index contributed by atoms with van der Waals surface area (Å²) in [6.07, 6.45) is -0.436. The fraction of sp³-hybridized carbons (Fsp3) is 0.917. The van der Waals surface area contributed by atoms with Gasteiger partial charge in [-0.25, -0.2) is 15.0 Å². The van der Waals surface area contributed by atoms with Gasteiger partial charge in [-0.05, 0) is 0 Å². The summed E-state index contributed by atoms with van der Waals surface area (Å²) in [5, 5.41) is 8.51. The van der Waals surface area contributed by atoms with Crippen molar-refractivity contribution in [2.45, 2.75) is 0 Å². The Balaban J connectivity index is 2.09. The molecule has 0 aromatic heterocycles. The number of amides is 1. The molecular weight excluding hydrogens is 329 g/mol. The first kappa shape index (κ1) is 20.3. The Morgan fingerprint density at radius 1 is 1.09 bits per heavy atom. The van der Waals surface area contributed by atoms with Crippen LogP contribution < -0.4 is 5.50 Å². The number of rotatable bonds is 10. The van der Waals surface area contributed by atoms with Crippen LogP contribution in [-0.4, -0.2) is 93.7 Å². The number of hydrogen-bond donors (Lipinski definition) is 2. The lowest BCUT2D eigenvalue weighted by atomic mass is 10.4. The van der Waals surface area contributed by atoms with Crippen LogP contribution in [0.15, 0.2) is 0 Å². The zero-order valence-electron chi connectivity index (χ0n) is 13.4. The quantitative estimate of drug-likeness (QED) is 0.393. The molecule has 10 nitrogen and oxygen atoms in total. The zero-order chi connectivity index (χ0) is 17.1. The highest BCUT2D eigenvalue weighted by Gasteiger charge is 2.31. The normalized spacial score (nSPS) is 18.7. The lowest BCUT2D eigenvalue weighted by molar-refractivity contribution is 0.0128. The van der Waals surface area contributed by atoms with Crippen LogP contribution in [0.1, 0.15) is 0 Å². The van der Waals surface area contributed by atoms with E-state index in [2.05, 4.69) is 0 Å². The van der Waals surface area contributed by atoms with Crippen molar-refractivity contribution in [3.8, 4) is 0 Å². The third-order valence-corrected chi connectivity index (χ3v) is 4.94. The number of aliphatic hydroxyl groups excluding tert-OH is 1. The van der Waals surface area contributed by atoms with Crippen LogP contribution in [-0.2, 0) is 23.3 Å². The van der Waals surface area contributed by atoms with Crippen molar-refractivity contribution in [3.05, 3.63) is 0 Å². The van der Waals surface area contributed by atoms with Gasteiger partial charge in [-0.3, -0.25) is 4.57 Å². The summed E-state index contributed by atoms with van der Waals surface area (Å²) in [4.78, 5) is 13.4. The van der Waals surface area contributed by atoms with Gasteiger partial charge in [0.1, 0.15) is 6.61 Å². The topological polar surface area (TPSA) is 124 Å². The molecule has 0 bridgehead atoms. The highest BCUT2D eigenvalue weighted by molar-refractivity contribution is 7.53. The molecule has 1 amide bonds. The molecule has 0 aromatic carbocycles. The SMILES string of the molecule is COP(N)(=O)N1CCN(C(=O)OCCOCCOCCO)CC1. The van der Waals surface area contributed by atoms with Gasteiger partial charge >= 0.3 is 13.8 Å². The summed E-state index contributed by atoms with van der Waals surface area (Å²) in [5.74, 6) is 0. The summed E-state index contributed by atoms with van der Waals surface area (Å²) in [7, 11) is -1.94. The van der Waals surface area contributed by atoms with Gasteiger partial charge in [0.05, 0.1) is 33.0 Å². The van der Waals surface area contributed by atoms with E-state index in [0.717, 1.165) is 0 Å². The van der Waals surface area contributed by atoms with Crippen LogP contribution >= 0.6 is 7.67 Å². The van der Waals surface area contributed by atoms with Crippen LogP contribution in [0.4, 0.5) is 4.79 Å². The number of nitrogens with zero attached hydrogens (tertiary/aromatic N) is 2. The van der Waals surface area contributed by atoms with E-state index in [0.29, 0.717) is 39.4 Å². The Hall–Kier alpha value is -0.740. The Morgan fingerprint density at radius 2 is 1.65 bits per heavy atom. The second-order valence-electron chi connectivity index (χ2n) is 4.75. The average Bonchev–Trinajstić information content (AvgIpc) is 2.57. The third kappa shape index (κ3) is 7.58. The number of hydrogen-bond acceptors (Lipinski definition) is 7. The number of carbonyl (C=O) groups excluding carboxylic acids is 1. The Morgan fingerprint density at radius 3 is 2.22 bits per heavy atom. The number of piperazine rings is 1. The van der Waals surface area contributed by atoms with Crippen LogP contribution in [0.25, 0.3) is 0 Å². The van der Waals surface area contributed by atoms with Gasteiger partial charge in [-0.2, -0.15) is 0 Å². The van der Waals surface area contributed by atoms with E-state index in [9.17, 15) is 9.36 Å². The van der Waals surface area contributed by atoms with Crippen LogP contribution in [0.3, 0.4) is 0 Å². The van der Waals surface area contributed by atoms with E-state index in [1.807, 2.05) is 0 Å². The molecule has 1 heterocycles. The molecule has 0 spiro atoms. The zero-order valence-corrected chi connectivity index (χ0v) is 14.3. The maximum Gasteiger partial charge on any atom is 0.409 e. The Bertz CT molecular complexity index is 391. The first-order valence-electron chi connectivity index (χ1n) is 7.39. The van der Waals surface area contributed by atoms with Gasteiger partial charge in [0.25, 0.3) is 0 Å². The fourth-order valence-electron chi connectivity index (χ4n) is 1.94. The summed E-state index contributed by atoms with van der Waals surface area (Å²) < 4.78 is 33.5. The molecule has 1 fully saturated rings. The highest BCUT2D eigenvalue weighted by Crippen LogP contribution is 2.41. The minimum absolute atomic E-state index is 0.0190. The Labute approximate surface area is 136 Å². The average molecular weight is 355 g/mol. The predicted molar refractivity (Wildman–Crippen MR) is 82.0 cm³/mol. The van der Waals surface area contributed by atoms with E-state index in [1.165, 1.54) is 16.7 Å². The molecule has 1 rings (SSSR count). The van der Waals surface area contributed by atoms with Crippen molar-refractivity contribution in [2.75, 3.05) is 72.9 Å². The predicted octanol–water partition coefficient (Wildman–Crippen LogP) is -0.521. The van der Waals surface area contributed by atoms with E-state index >= 15 is 0 Å². The van der Waals surface area contributed by atoms with Crippen molar-refractivity contribution < 1.29 is 33.2 Å². The lowest BCUT2D eigenvalue weighted by Crippen LogP contribution is -2.48. The molecule has 3 N–H and O–H groups in total. The standard InChI is InChI=1S/C12H26N3O7P/c1-19-23(13,18)15-4-2-14(3-5-15)12(17)22-11-10-21-9-8-20-7-6-16/h16H,2-11H2,1H3,(H2,13,18). The van der Waals surface area contributed by atoms with Crippen molar-refractivity contribution in [2.24, 2.45) is 5.50 Å². The van der Waals surface area contributed by atoms with Crippen molar-refractivity contribution in [1.29, 1.82) is 0 Å². The van der Waals surface area contributed by atoms with Crippen LogP contribution in [0.2, 0.25) is 0 Å². The van der Waals surface area contributed by atoms with Gasteiger partial charge in [0.15, 0.2) is 0 Å².